The molecule has 1 saturated heterocycles. The summed E-state index contributed by atoms with van der Waals surface area (Å²) < 4.78 is 2.04. The molecule has 3 aromatic rings. The molecule has 1 aliphatic rings. The molecule has 1 atom stereocenters. The van der Waals surface area contributed by atoms with E-state index in [9.17, 15) is 4.79 Å². The van der Waals surface area contributed by atoms with Gasteiger partial charge in [0.1, 0.15) is 12.2 Å². The van der Waals surface area contributed by atoms with Gasteiger partial charge in [0.15, 0.2) is 0 Å². The highest BCUT2D eigenvalue weighted by atomic mass is 16.2. The molecule has 1 N–H and O–H groups in total. The summed E-state index contributed by atoms with van der Waals surface area (Å²) in [5.74, 6) is 1.35. The van der Waals surface area contributed by atoms with Gasteiger partial charge in [0, 0.05) is 31.7 Å². The molecule has 0 spiro atoms. The van der Waals surface area contributed by atoms with Crippen LogP contribution in [-0.4, -0.2) is 45.3 Å². The van der Waals surface area contributed by atoms with Crippen molar-refractivity contribution in [3.8, 4) is 5.69 Å². The van der Waals surface area contributed by atoms with Crippen LogP contribution in [0.2, 0.25) is 0 Å². The highest BCUT2D eigenvalue weighted by molar-refractivity contribution is 5.74. The number of benzene rings is 2. The number of carbonyl (C=O) groups is 1. The van der Waals surface area contributed by atoms with Crippen LogP contribution in [0.5, 0.6) is 0 Å². The van der Waals surface area contributed by atoms with E-state index in [-0.39, 0.29) is 6.03 Å². The molecule has 2 heterocycles. The van der Waals surface area contributed by atoms with E-state index in [1.54, 1.807) is 6.33 Å². The Bertz CT molecular complexity index is 909. The van der Waals surface area contributed by atoms with Crippen molar-refractivity contribution < 1.29 is 4.79 Å². The fourth-order valence-corrected chi connectivity index (χ4v) is 3.95. The molecule has 2 aromatic carbocycles. The minimum Gasteiger partial charge on any atom is -0.338 e. The highest BCUT2D eigenvalue weighted by Crippen LogP contribution is 2.21. The molecule has 150 valence electrons. The zero-order valence-corrected chi connectivity index (χ0v) is 16.6. The van der Waals surface area contributed by atoms with E-state index in [0.29, 0.717) is 12.5 Å². The van der Waals surface area contributed by atoms with Crippen molar-refractivity contribution in [3.63, 3.8) is 0 Å². The summed E-state index contributed by atoms with van der Waals surface area (Å²) in [4.78, 5) is 14.6. The third-order valence-corrected chi connectivity index (χ3v) is 5.46. The zero-order chi connectivity index (χ0) is 19.9. The van der Waals surface area contributed by atoms with Gasteiger partial charge in [-0.25, -0.2) is 4.79 Å². The molecule has 1 fully saturated rings. The molecule has 1 unspecified atom stereocenters. The first-order valence-corrected chi connectivity index (χ1v) is 10.3. The maximum absolute atomic E-state index is 12.6. The third-order valence-electron chi connectivity index (χ3n) is 5.46. The number of carbonyl (C=O) groups excluding carboxylic acids is 1. The summed E-state index contributed by atoms with van der Waals surface area (Å²) in [6, 6.07) is 20.4. The number of aromatic nitrogens is 3. The first-order valence-electron chi connectivity index (χ1n) is 10.3. The molecule has 6 heteroatoms. The van der Waals surface area contributed by atoms with Crippen molar-refractivity contribution in [1.82, 2.24) is 25.0 Å². The standard InChI is InChI=1S/C23H27N5O/c29-23(24-14-13-19-8-3-1-4-9-19)27-15-7-10-20(17-27)16-22-26-25-18-28(22)21-11-5-2-6-12-21/h1-6,8-9,11-12,18,20H,7,10,13-17H2,(H,24,29). The number of nitrogens with zero attached hydrogens (tertiary/aromatic N) is 4. The third kappa shape index (κ3) is 5.02. The van der Waals surface area contributed by atoms with Gasteiger partial charge in [0.2, 0.25) is 0 Å². The second-order valence-electron chi connectivity index (χ2n) is 7.58. The van der Waals surface area contributed by atoms with Gasteiger partial charge in [0.05, 0.1) is 0 Å². The molecule has 0 saturated carbocycles. The lowest BCUT2D eigenvalue weighted by molar-refractivity contribution is 0.164. The van der Waals surface area contributed by atoms with Gasteiger partial charge in [-0.05, 0) is 42.9 Å². The van der Waals surface area contributed by atoms with Crippen LogP contribution in [0.15, 0.2) is 67.0 Å². The first-order chi connectivity index (χ1) is 14.3. The summed E-state index contributed by atoms with van der Waals surface area (Å²) in [6.45, 7) is 2.24. The van der Waals surface area contributed by atoms with Gasteiger partial charge in [0.25, 0.3) is 0 Å². The van der Waals surface area contributed by atoms with Crippen LogP contribution >= 0.6 is 0 Å². The fourth-order valence-electron chi connectivity index (χ4n) is 3.95. The van der Waals surface area contributed by atoms with Crippen LogP contribution in [0.3, 0.4) is 0 Å². The van der Waals surface area contributed by atoms with Crippen LogP contribution < -0.4 is 5.32 Å². The summed E-state index contributed by atoms with van der Waals surface area (Å²) in [6.07, 6.45) is 5.57. The molecule has 2 amide bonds. The Morgan fingerprint density at radius 3 is 2.62 bits per heavy atom. The van der Waals surface area contributed by atoms with E-state index in [2.05, 4.69) is 39.8 Å². The van der Waals surface area contributed by atoms with Crippen LogP contribution in [0, 0.1) is 5.92 Å². The number of rotatable bonds is 6. The molecule has 0 aliphatic carbocycles. The Morgan fingerprint density at radius 1 is 1.07 bits per heavy atom. The molecule has 0 bridgehead atoms. The van der Waals surface area contributed by atoms with E-state index in [1.807, 2.05) is 45.9 Å². The van der Waals surface area contributed by atoms with E-state index >= 15 is 0 Å². The Balaban J connectivity index is 1.31. The van der Waals surface area contributed by atoms with Crippen LogP contribution in [0.1, 0.15) is 24.2 Å². The van der Waals surface area contributed by atoms with Crippen LogP contribution in [0.4, 0.5) is 4.79 Å². The summed E-state index contributed by atoms with van der Waals surface area (Å²) >= 11 is 0. The molecular formula is C23H27N5O. The summed E-state index contributed by atoms with van der Waals surface area (Å²) in [5, 5.41) is 11.5. The van der Waals surface area contributed by atoms with Gasteiger partial charge in [-0.15, -0.1) is 10.2 Å². The minimum absolute atomic E-state index is 0.0372. The second-order valence-corrected chi connectivity index (χ2v) is 7.58. The zero-order valence-electron chi connectivity index (χ0n) is 16.6. The number of hydrogen-bond donors (Lipinski definition) is 1. The number of amides is 2. The Kier molecular flexibility index (Phi) is 6.19. The summed E-state index contributed by atoms with van der Waals surface area (Å²) in [5.41, 5.74) is 2.31. The summed E-state index contributed by atoms with van der Waals surface area (Å²) in [7, 11) is 0. The van der Waals surface area contributed by atoms with Crippen molar-refractivity contribution in [2.75, 3.05) is 19.6 Å². The van der Waals surface area contributed by atoms with Gasteiger partial charge in [-0.3, -0.25) is 4.57 Å². The van der Waals surface area contributed by atoms with E-state index in [4.69, 9.17) is 0 Å². The normalized spacial score (nSPS) is 16.6. The van der Waals surface area contributed by atoms with Gasteiger partial charge in [-0.1, -0.05) is 48.5 Å². The van der Waals surface area contributed by atoms with Crippen molar-refractivity contribution in [2.24, 2.45) is 5.92 Å². The van der Waals surface area contributed by atoms with Gasteiger partial charge >= 0.3 is 6.03 Å². The Labute approximate surface area is 171 Å². The largest absolute Gasteiger partial charge is 0.338 e. The number of piperidine rings is 1. The number of hydrogen-bond acceptors (Lipinski definition) is 3. The predicted octanol–water partition coefficient (Wildman–Crippen LogP) is 3.47. The highest BCUT2D eigenvalue weighted by Gasteiger charge is 2.25. The maximum atomic E-state index is 12.6. The van der Waals surface area contributed by atoms with Crippen LogP contribution in [-0.2, 0) is 12.8 Å². The van der Waals surface area contributed by atoms with Crippen molar-refractivity contribution in [3.05, 3.63) is 78.4 Å². The predicted molar refractivity (Wildman–Crippen MR) is 113 cm³/mol. The molecule has 4 rings (SSSR count). The molecule has 6 nitrogen and oxygen atoms in total. The topological polar surface area (TPSA) is 63.1 Å². The average Bonchev–Trinajstić information content (AvgIpc) is 3.23. The van der Waals surface area contributed by atoms with E-state index in [1.165, 1.54) is 5.56 Å². The lowest BCUT2D eigenvalue weighted by atomic mass is 9.94. The molecule has 1 aliphatic heterocycles. The van der Waals surface area contributed by atoms with Crippen molar-refractivity contribution in [2.45, 2.75) is 25.7 Å². The minimum atomic E-state index is 0.0372. The lowest BCUT2D eigenvalue weighted by Crippen LogP contribution is -2.46. The van der Waals surface area contributed by atoms with Gasteiger partial charge in [-0.2, -0.15) is 0 Å². The quantitative estimate of drug-likeness (QED) is 0.702. The molecule has 0 radical (unpaired) electrons. The van der Waals surface area contributed by atoms with Crippen molar-refractivity contribution >= 4 is 6.03 Å². The lowest BCUT2D eigenvalue weighted by Gasteiger charge is -2.32. The maximum Gasteiger partial charge on any atom is 0.317 e. The smallest absolute Gasteiger partial charge is 0.317 e. The van der Waals surface area contributed by atoms with E-state index in [0.717, 1.165) is 50.3 Å². The molecule has 29 heavy (non-hydrogen) atoms. The second kappa shape index (κ2) is 9.37. The number of urea groups is 1. The Hall–Kier alpha value is -3.15. The van der Waals surface area contributed by atoms with Crippen molar-refractivity contribution in [1.29, 1.82) is 0 Å². The number of likely N-dealkylation sites (tertiary alicyclic amines) is 1. The van der Waals surface area contributed by atoms with Gasteiger partial charge < -0.3 is 10.2 Å². The van der Waals surface area contributed by atoms with Crippen LogP contribution in [0.25, 0.3) is 5.69 Å². The first kappa shape index (κ1) is 19.2. The molecule has 1 aromatic heterocycles. The number of nitrogens with one attached hydrogen (secondary N) is 1. The Morgan fingerprint density at radius 2 is 1.83 bits per heavy atom. The fraction of sp³-hybridized carbons (Fsp3) is 0.348. The SMILES string of the molecule is O=C(NCCc1ccccc1)N1CCCC(Cc2nncn2-c2ccccc2)C1. The number of para-hydroxylation sites is 1. The monoisotopic (exact) mass is 389 g/mol. The molecular weight excluding hydrogens is 362 g/mol. The average molecular weight is 390 g/mol. The van der Waals surface area contributed by atoms with E-state index < -0.39 is 0 Å².